The second kappa shape index (κ2) is 10.3. The van der Waals surface area contributed by atoms with E-state index in [1.165, 1.54) is 14.7 Å². The van der Waals surface area contributed by atoms with Crippen molar-refractivity contribution >= 4 is 16.9 Å². The Balaban J connectivity index is 1.45. The number of allylic oxidation sites excluding steroid dienone is 1. The predicted octanol–water partition coefficient (Wildman–Crippen LogP) is 5.82. The molecule has 0 bridgehead atoms. The average Bonchev–Trinajstić information content (AvgIpc) is 2.86. The number of hydrogen-bond donors (Lipinski definition) is 0. The lowest BCUT2D eigenvalue weighted by Crippen LogP contribution is -2.34. The Morgan fingerprint density at radius 2 is 1.50 bits per heavy atom. The first-order valence-corrected chi connectivity index (χ1v) is 11.9. The Morgan fingerprint density at radius 3 is 2.03 bits per heavy atom. The van der Waals surface area contributed by atoms with Crippen LogP contribution in [0.25, 0.3) is 0 Å². The highest BCUT2D eigenvalue weighted by atomic mass is 32.2. The minimum Gasteiger partial charge on any atom is -0.482 e. The van der Waals surface area contributed by atoms with Gasteiger partial charge in [0.05, 0.1) is 10.9 Å². The Morgan fingerprint density at radius 1 is 0.906 bits per heavy atom. The SMILES string of the molecule is C#CC1(OC(=O)COc2ccc([S+](c3ccccc3)c3ccccc3)cc2)C=CCCC1. The molecule has 0 saturated carbocycles. The Labute approximate surface area is 192 Å². The van der Waals surface area contributed by atoms with E-state index in [9.17, 15) is 4.79 Å². The number of benzene rings is 3. The standard InChI is InChI=1S/C28H25O3S/c1-2-28(20-10-5-11-21-28)31-27(29)22-30-23-16-18-26(19-17-23)32(24-12-6-3-7-13-24)25-14-8-4-9-15-25/h1,3-4,6-10,12-20H,5,11,21-22H2/q+1. The molecule has 1 unspecified atom stereocenters. The van der Waals surface area contributed by atoms with Crippen LogP contribution in [0.2, 0.25) is 0 Å². The number of rotatable bonds is 7. The molecule has 4 rings (SSSR count). The maximum atomic E-state index is 12.3. The number of carbonyl (C=O) groups excluding carboxylic acids is 1. The van der Waals surface area contributed by atoms with E-state index in [0.29, 0.717) is 12.2 Å². The Bertz CT molecular complexity index is 1060. The fourth-order valence-corrected chi connectivity index (χ4v) is 5.73. The van der Waals surface area contributed by atoms with Crippen LogP contribution in [-0.2, 0) is 20.4 Å². The maximum Gasteiger partial charge on any atom is 0.345 e. The zero-order valence-electron chi connectivity index (χ0n) is 17.8. The van der Waals surface area contributed by atoms with Crippen LogP contribution in [0.15, 0.2) is 112 Å². The van der Waals surface area contributed by atoms with Crippen molar-refractivity contribution in [2.24, 2.45) is 0 Å². The summed E-state index contributed by atoms with van der Waals surface area (Å²) < 4.78 is 11.2. The van der Waals surface area contributed by atoms with Crippen LogP contribution >= 0.6 is 0 Å². The molecule has 1 aliphatic carbocycles. The molecule has 0 N–H and O–H groups in total. The topological polar surface area (TPSA) is 35.5 Å². The summed E-state index contributed by atoms with van der Waals surface area (Å²) in [4.78, 5) is 16.0. The van der Waals surface area contributed by atoms with Crippen molar-refractivity contribution in [3.05, 3.63) is 97.1 Å². The molecule has 3 nitrogen and oxygen atoms in total. The van der Waals surface area contributed by atoms with Crippen LogP contribution in [0, 0.1) is 12.3 Å². The number of esters is 1. The summed E-state index contributed by atoms with van der Waals surface area (Å²) in [5.74, 6) is 2.76. The highest BCUT2D eigenvalue weighted by Crippen LogP contribution is 2.32. The van der Waals surface area contributed by atoms with Gasteiger partial charge >= 0.3 is 5.97 Å². The van der Waals surface area contributed by atoms with Gasteiger partial charge in [0.15, 0.2) is 26.9 Å². The molecule has 0 saturated heterocycles. The fraction of sp³-hybridized carbons (Fsp3) is 0.179. The van der Waals surface area contributed by atoms with Crippen molar-refractivity contribution in [1.82, 2.24) is 0 Å². The van der Waals surface area contributed by atoms with Crippen LogP contribution in [-0.4, -0.2) is 18.2 Å². The number of carbonyl (C=O) groups is 1. The summed E-state index contributed by atoms with van der Waals surface area (Å²) in [6.45, 7) is -0.181. The van der Waals surface area contributed by atoms with Crippen molar-refractivity contribution in [2.75, 3.05) is 6.61 Å². The molecule has 0 heterocycles. The zero-order chi connectivity index (χ0) is 22.2. The van der Waals surface area contributed by atoms with Crippen LogP contribution < -0.4 is 4.74 Å². The number of terminal acetylenes is 1. The summed E-state index contributed by atoms with van der Waals surface area (Å²) >= 11 is 0. The third-order valence-corrected chi connectivity index (χ3v) is 7.45. The molecule has 1 aliphatic rings. The van der Waals surface area contributed by atoms with Crippen molar-refractivity contribution < 1.29 is 14.3 Å². The molecule has 160 valence electrons. The molecule has 3 aromatic rings. The first kappa shape index (κ1) is 21.8. The minimum absolute atomic E-state index is 0.181. The van der Waals surface area contributed by atoms with Crippen LogP contribution in [0.4, 0.5) is 0 Å². The minimum atomic E-state index is -0.942. The summed E-state index contributed by atoms with van der Waals surface area (Å²) in [6, 6.07) is 28.8. The van der Waals surface area contributed by atoms with Gasteiger partial charge < -0.3 is 9.47 Å². The van der Waals surface area contributed by atoms with Gasteiger partial charge in [-0.3, -0.25) is 0 Å². The molecule has 0 fully saturated rings. The summed E-state index contributed by atoms with van der Waals surface area (Å²) in [5.41, 5.74) is -0.942. The quantitative estimate of drug-likeness (QED) is 0.201. The highest BCUT2D eigenvalue weighted by molar-refractivity contribution is 7.97. The lowest BCUT2D eigenvalue weighted by Gasteiger charge is -2.27. The molecule has 0 radical (unpaired) electrons. The van der Waals surface area contributed by atoms with Gasteiger partial charge in [-0.05, 0) is 67.4 Å². The number of hydrogen-bond acceptors (Lipinski definition) is 3. The largest absolute Gasteiger partial charge is 0.482 e. The normalized spacial score (nSPS) is 17.5. The third-order valence-electron chi connectivity index (χ3n) is 5.22. The number of ether oxygens (including phenoxy) is 2. The van der Waals surface area contributed by atoms with E-state index in [2.05, 4.69) is 66.6 Å². The monoisotopic (exact) mass is 441 g/mol. The van der Waals surface area contributed by atoms with Crippen molar-refractivity contribution in [3.8, 4) is 18.1 Å². The van der Waals surface area contributed by atoms with E-state index in [1.807, 2.05) is 30.3 Å². The Hall–Kier alpha value is -3.42. The first-order chi connectivity index (χ1) is 15.7. The summed E-state index contributed by atoms with van der Waals surface area (Å²) in [7, 11) is -0.224. The van der Waals surface area contributed by atoms with Crippen molar-refractivity contribution in [1.29, 1.82) is 0 Å². The van der Waals surface area contributed by atoms with E-state index in [-0.39, 0.29) is 17.5 Å². The lowest BCUT2D eigenvalue weighted by atomic mass is 9.92. The van der Waals surface area contributed by atoms with E-state index < -0.39 is 11.6 Å². The Kier molecular flexibility index (Phi) is 6.99. The molecule has 32 heavy (non-hydrogen) atoms. The molecular weight excluding hydrogens is 416 g/mol. The van der Waals surface area contributed by atoms with Crippen LogP contribution in [0.5, 0.6) is 5.75 Å². The maximum absolute atomic E-state index is 12.3. The lowest BCUT2D eigenvalue weighted by molar-refractivity contribution is -0.154. The molecule has 1 atom stereocenters. The molecule has 0 aromatic heterocycles. The van der Waals surface area contributed by atoms with E-state index in [0.717, 1.165) is 12.8 Å². The molecule has 4 heteroatoms. The molecule has 3 aromatic carbocycles. The van der Waals surface area contributed by atoms with Crippen molar-refractivity contribution in [2.45, 2.75) is 39.5 Å². The smallest absolute Gasteiger partial charge is 0.345 e. The molecule has 0 amide bonds. The average molecular weight is 442 g/mol. The molecular formula is C28H25O3S+. The second-order valence-corrected chi connectivity index (χ2v) is 9.52. The van der Waals surface area contributed by atoms with Gasteiger partial charge in [-0.15, -0.1) is 6.42 Å². The zero-order valence-corrected chi connectivity index (χ0v) is 18.6. The molecule has 0 spiro atoms. The van der Waals surface area contributed by atoms with Gasteiger partial charge in [-0.1, -0.05) is 48.4 Å². The third kappa shape index (κ3) is 5.25. The summed E-state index contributed by atoms with van der Waals surface area (Å²) in [5, 5.41) is 0. The van der Waals surface area contributed by atoms with Gasteiger partial charge in [0.2, 0.25) is 0 Å². The van der Waals surface area contributed by atoms with Gasteiger partial charge in [0, 0.05) is 6.42 Å². The van der Waals surface area contributed by atoms with Gasteiger partial charge in [-0.25, -0.2) is 4.79 Å². The van der Waals surface area contributed by atoms with Gasteiger partial charge in [-0.2, -0.15) is 0 Å². The fourth-order valence-electron chi connectivity index (χ4n) is 3.64. The molecule has 0 aliphatic heterocycles. The second-order valence-electron chi connectivity index (χ2n) is 7.49. The summed E-state index contributed by atoms with van der Waals surface area (Å²) in [6.07, 6.45) is 11.9. The van der Waals surface area contributed by atoms with E-state index >= 15 is 0 Å². The first-order valence-electron chi connectivity index (χ1n) is 10.6. The van der Waals surface area contributed by atoms with Crippen molar-refractivity contribution in [3.63, 3.8) is 0 Å². The van der Waals surface area contributed by atoms with Crippen LogP contribution in [0.3, 0.4) is 0 Å². The van der Waals surface area contributed by atoms with Crippen LogP contribution in [0.1, 0.15) is 19.3 Å². The predicted molar refractivity (Wildman–Crippen MR) is 128 cm³/mol. The van der Waals surface area contributed by atoms with Gasteiger partial charge in [0.1, 0.15) is 5.75 Å². The van der Waals surface area contributed by atoms with E-state index in [1.54, 1.807) is 6.08 Å². The van der Waals surface area contributed by atoms with Gasteiger partial charge in [0.25, 0.3) is 0 Å². The van der Waals surface area contributed by atoms with E-state index in [4.69, 9.17) is 15.9 Å². The highest BCUT2D eigenvalue weighted by Gasteiger charge is 2.31.